The van der Waals surface area contributed by atoms with Gasteiger partial charge < -0.3 is 10.5 Å². The molecule has 2 N–H and O–H groups in total. The Balaban J connectivity index is 2.22. The molecular formula is C15H18ClN3O2. The van der Waals surface area contributed by atoms with Crippen molar-refractivity contribution in [2.45, 2.75) is 19.5 Å². The molecule has 2 rings (SSSR count). The van der Waals surface area contributed by atoms with Gasteiger partial charge in [0, 0.05) is 20.1 Å². The number of carbonyl (C=O) groups is 1. The number of hydrogen-bond acceptors (Lipinski definition) is 4. The summed E-state index contributed by atoms with van der Waals surface area (Å²) in [6.07, 6.45) is 1.74. The first-order chi connectivity index (χ1) is 10.2. The van der Waals surface area contributed by atoms with Gasteiger partial charge in [0.25, 0.3) is 0 Å². The van der Waals surface area contributed by atoms with Crippen LogP contribution in [0.1, 0.15) is 21.6 Å². The number of hydrogen-bond donors (Lipinski definition) is 1. The highest BCUT2D eigenvalue weighted by atomic mass is 35.5. The fourth-order valence-corrected chi connectivity index (χ4v) is 2.42. The Hall–Kier alpha value is -1.69. The molecule has 1 aromatic heterocycles. The molecule has 0 bridgehead atoms. The summed E-state index contributed by atoms with van der Waals surface area (Å²) < 4.78 is 6.60. The van der Waals surface area contributed by atoms with Crippen molar-refractivity contribution in [3.8, 4) is 0 Å². The zero-order valence-corrected chi connectivity index (χ0v) is 12.6. The van der Waals surface area contributed by atoms with E-state index in [1.165, 1.54) is 6.20 Å². The molecule has 0 unspecified atom stereocenters. The fraction of sp³-hybridized carbons (Fsp3) is 0.333. The topological polar surface area (TPSA) is 70.1 Å². The second-order valence-corrected chi connectivity index (χ2v) is 5.04. The maximum Gasteiger partial charge on any atom is 0.186 e. The standard InChI is InChI=1S/C15H18ClN3O2/c1-21-7-6-19-15(13(16)10-18-19)14(20)8-11-4-2-3-5-12(11)9-17/h2-5,10H,6-9,17H2,1H3. The summed E-state index contributed by atoms with van der Waals surface area (Å²) in [6, 6.07) is 7.63. The third-order valence-corrected chi connectivity index (χ3v) is 3.53. The van der Waals surface area contributed by atoms with E-state index in [1.54, 1.807) is 11.8 Å². The molecule has 112 valence electrons. The number of aromatic nitrogens is 2. The van der Waals surface area contributed by atoms with Gasteiger partial charge in [0.2, 0.25) is 0 Å². The second-order valence-electron chi connectivity index (χ2n) is 4.63. The maximum absolute atomic E-state index is 12.5. The summed E-state index contributed by atoms with van der Waals surface area (Å²) >= 11 is 6.09. The average molecular weight is 308 g/mol. The number of rotatable bonds is 7. The van der Waals surface area contributed by atoms with Gasteiger partial charge in [0.1, 0.15) is 5.69 Å². The highest BCUT2D eigenvalue weighted by molar-refractivity contribution is 6.33. The highest BCUT2D eigenvalue weighted by Gasteiger charge is 2.18. The Labute approximate surface area is 128 Å². The van der Waals surface area contributed by atoms with Crippen LogP contribution < -0.4 is 5.73 Å². The van der Waals surface area contributed by atoms with Crippen molar-refractivity contribution < 1.29 is 9.53 Å². The number of Topliss-reactive ketones (excluding diaryl/α,β-unsaturated/α-hetero) is 1. The molecular weight excluding hydrogens is 290 g/mol. The van der Waals surface area contributed by atoms with Gasteiger partial charge in [-0.05, 0) is 11.1 Å². The van der Waals surface area contributed by atoms with Crippen LogP contribution in [0.3, 0.4) is 0 Å². The Morgan fingerprint density at radius 2 is 2.10 bits per heavy atom. The van der Waals surface area contributed by atoms with Gasteiger partial charge in [-0.25, -0.2) is 0 Å². The third kappa shape index (κ3) is 3.69. The lowest BCUT2D eigenvalue weighted by Gasteiger charge is -2.09. The van der Waals surface area contributed by atoms with Gasteiger partial charge in [-0.15, -0.1) is 0 Å². The largest absolute Gasteiger partial charge is 0.383 e. The summed E-state index contributed by atoms with van der Waals surface area (Å²) in [4.78, 5) is 12.5. The van der Waals surface area contributed by atoms with Crippen LogP contribution in [-0.2, 0) is 24.2 Å². The van der Waals surface area contributed by atoms with Gasteiger partial charge in [-0.3, -0.25) is 9.48 Å². The monoisotopic (exact) mass is 307 g/mol. The normalized spacial score (nSPS) is 10.8. The van der Waals surface area contributed by atoms with Crippen LogP contribution in [0.2, 0.25) is 5.02 Å². The van der Waals surface area contributed by atoms with E-state index in [4.69, 9.17) is 22.1 Å². The van der Waals surface area contributed by atoms with Crippen molar-refractivity contribution >= 4 is 17.4 Å². The molecule has 0 aliphatic carbocycles. The van der Waals surface area contributed by atoms with E-state index in [0.717, 1.165) is 11.1 Å². The molecule has 1 aromatic carbocycles. The molecule has 21 heavy (non-hydrogen) atoms. The minimum absolute atomic E-state index is 0.0745. The van der Waals surface area contributed by atoms with Crippen molar-refractivity contribution in [1.82, 2.24) is 9.78 Å². The fourth-order valence-electron chi connectivity index (χ4n) is 2.17. The first-order valence-electron chi connectivity index (χ1n) is 6.67. The second kappa shape index (κ2) is 7.36. The molecule has 0 spiro atoms. The Kier molecular flexibility index (Phi) is 5.50. The van der Waals surface area contributed by atoms with Crippen LogP contribution in [0.4, 0.5) is 0 Å². The van der Waals surface area contributed by atoms with E-state index in [9.17, 15) is 4.79 Å². The number of benzene rings is 1. The number of ether oxygens (including phenoxy) is 1. The molecule has 0 fully saturated rings. The molecule has 0 saturated heterocycles. The lowest BCUT2D eigenvalue weighted by molar-refractivity contribution is 0.0979. The molecule has 2 aromatic rings. The predicted octanol–water partition coefficient (Wildman–Crippen LogP) is 2.07. The van der Waals surface area contributed by atoms with Crippen LogP contribution in [-0.4, -0.2) is 29.3 Å². The minimum atomic E-state index is -0.0745. The number of methoxy groups -OCH3 is 1. The molecule has 0 aliphatic rings. The average Bonchev–Trinajstić information content (AvgIpc) is 2.86. The van der Waals surface area contributed by atoms with Crippen molar-refractivity contribution in [1.29, 1.82) is 0 Å². The molecule has 0 atom stereocenters. The molecule has 0 amide bonds. The minimum Gasteiger partial charge on any atom is -0.383 e. The molecule has 5 nitrogen and oxygen atoms in total. The molecule has 6 heteroatoms. The van der Waals surface area contributed by atoms with E-state index in [1.807, 2.05) is 24.3 Å². The van der Waals surface area contributed by atoms with Gasteiger partial charge in [0.15, 0.2) is 5.78 Å². The van der Waals surface area contributed by atoms with Crippen LogP contribution in [0.25, 0.3) is 0 Å². The summed E-state index contributed by atoms with van der Waals surface area (Å²) in [5, 5.41) is 4.48. The number of nitrogens with zero attached hydrogens (tertiary/aromatic N) is 2. The number of ketones is 1. The van der Waals surface area contributed by atoms with Gasteiger partial charge in [-0.1, -0.05) is 35.9 Å². The predicted molar refractivity (Wildman–Crippen MR) is 81.5 cm³/mol. The van der Waals surface area contributed by atoms with Crippen molar-refractivity contribution in [2.75, 3.05) is 13.7 Å². The van der Waals surface area contributed by atoms with E-state index in [-0.39, 0.29) is 12.2 Å². The summed E-state index contributed by atoms with van der Waals surface area (Å²) in [5.74, 6) is -0.0745. The van der Waals surface area contributed by atoms with Crippen LogP contribution in [0, 0.1) is 0 Å². The lowest BCUT2D eigenvalue weighted by Crippen LogP contribution is -2.16. The molecule has 1 heterocycles. The van der Waals surface area contributed by atoms with Crippen molar-refractivity contribution in [2.24, 2.45) is 5.73 Å². The van der Waals surface area contributed by atoms with Gasteiger partial charge in [0.05, 0.1) is 24.4 Å². The zero-order valence-electron chi connectivity index (χ0n) is 11.9. The van der Waals surface area contributed by atoms with Crippen LogP contribution in [0.5, 0.6) is 0 Å². The summed E-state index contributed by atoms with van der Waals surface area (Å²) in [6.45, 7) is 1.36. The van der Waals surface area contributed by atoms with Gasteiger partial charge in [-0.2, -0.15) is 5.10 Å². The van der Waals surface area contributed by atoms with E-state index in [2.05, 4.69) is 5.10 Å². The van der Waals surface area contributed by atoms with Crippen LogP contribution >= 0.6 is 11.6 Å². The summed E-state index contributed by atoms with van der Waals surface area (Å²) in [7, 11) is 1.60. The highest BCUT2D eigenvalue weighted by Crippen LogP contribution is 2.19. The Morgan fingerprint density at radius 3 is 2.76 bits per heavy atom. The van der Waals surface area contributed by atoms with Crippen molar-refractivity contribution in [3.63, 3.8) is 0 Å². The van der Waals surface area contributed by atoms with E-state index < -0.39 is 0 Å². The van der Waals surface area contributed by atoms with Gasteiger partial charge >= 0.3 is 0 Å². The molecule has 0 aliphatic heterocycles. The van der Waals surface area contributed by atoms with E-state index in [0.29, 0.717) is 30.4 Å². The first kappa shape index (κ1) is 15.7. The maximum atomic E-state index is 12.5. The first-order valence-corrected chi connectivity index (χ1v) is 7.05. The number of nitrogens with two attached hydrogens (primary N) is 1. The molecule has 0 saturated carbocycles. The number of halogens is 1. The zero-order chi connectivity index (χ0) is 15.2. The SMILES string of the molecule is COCCn1ncc(Cl)c1C(=O)Cc1ccccc1CN. The number of carbonyl (C=O) groups excluding carboxylic acids is 1. The van der Waals surface area contributed by atoms with E-state index >= 15 is 0 Å². The lowest BCUT2D eigenvalue weighted by atomic mass is 10.0. The molecule has 0 radical (unpaired) electrons. The smallest absolute Gasteiger partial charge is 0.186 e. The quantitative estimate of drug-likeness (QED) is 0.795. The summed E-state index contributed by atoms with van der Waals surface area (Å²) in [5.41, 5.74) is 8.00. The van der Waals surface area contributed by atoms with Crippen LogP contribution in [0.15, 0.2) is 30.5 Å². The Morgan fingerprint density at radius 1 is 1.38 bits per heavy atom. The van der Waals surface area contributed by atoms with Crippen molar-refractivity contribution in [3.05, 3.63) is 52.3 Å². The Bertz CT molecular complexity index is 625. The third-order valence-electron chi connectivity index (χ3n) is 3.26.